The Morgan fingerprint density at radius 3 is 1.56 bits per heavy atom. The van der Waals surface area contributed by atoms with E-state index in [1.165, 1.54) is 33.0 Å². The maximum atomic E-state index is 12.9. The first-order valence-corrected chi connectivity index (χ1v) is 26.0. The Hall–Kier alpha value is -10.7. The molecule has 0 N–H and O–H groups in total. The number of aryl methyl sites for hydroxylation is 4. The molecule has 0 saturated carbocycles. The minimum atomic E-state index is -1.08. The van der Waals surface area contributed by atoms with Gasteiger partial charge < -0.3 is 49.1 Å². The summed E-state index contributed by atoms with van der Waals surface area (Å²) in [5.41, 5.74) is 1.07. The van der Waals surface area contributed by atoms with Crippen LogP contribution in [-0.2, 0) is 63.7 Å². The molecule has 2 aliphatic rings. The number of nitro groups is 5. The number of ether oxygens (including phenoxy) is 3. The lowest BCUT2D eigenvalue weighted by atomic mass is 9.83. The number of aromatic nitrogens is 7. The minimum Gasteiger partial charge on any atom is -0.458 e. The second-order valence-electron chi connectivity index (χ2n) is 18.4. The number of fused-ring (bicyclic) bond motifs is 4. The van der Waals surface area contributed by atoms with Crippen LogP contribution in [0.25, 0.3) is 10.9 Å². The summed E-state index contributed by atoms with van der Waals surface area (Å²) in [5, 5.41) is 54.6. The van der Waals surface area contributed by atoms with Gasteiger partial charge in [-0.2, -0.15) is 0 Å². The van der Waals surface area contributed by atoms with Gasteiger partial charge in [0.15, 0.2) is 51.0 Å². The maximum Gasteiger partial charge on any atom is 0.342 e. The molecule has 0 atom stereocenters. The van der Waals surface area contributed by atoms with E-state index >= 15 is 0 Å². The molecule has 5 heterocycles. The Balaban J connectivity index is 0.000000170. The van der Waals surface area contributed by atoms with Crippen LogP contribution in [0, 0.1) is 71.3 Å². The van der Waals surface area contributed by atoms with Crippen molar-refractivity contribution in [3.05, 3.63) is 214 Å². The van der Waals surface area contributed by atoms with Crippen LogP contribution in [0.4, 0.5) is 28.8 Å². The Morgan fingerprint density at radius 2 is 1.07 bits per heavy atom. The number of imidazole rings is 3. The van der Waals surface area contributed by atoms with Crippen molar-refractivity contribution in [3.63, 3.8) is 0 Å². The summed E-state index contributed by atoms with van der Waals surface area (Å²) >= 11 is 5.60. The van der Waals surface area contributed by atoms with Crippen molar-refractivity contribution in [3.8, 4) is 11.5 Å². The molecule has 8 aromatic rings. The Bertz CT molecular complexity index is 4080. The fourth-order valence-corrected chi connectivity index (χ4v) is 9.20. The molecule has 452 valence electrons. The molecule has 4 aromatic carbocycles. The summed E-state index contributed by atoms with van der Waals surface area (Å²) in [7, 11) is 0. The van der Waals surface area contributed by atoms with Gasteiger partial charge in [-0.25, -0.2) is 53.0 Å². The molecule has 0 bridgehead atoms. The molecule has 0 amide bonds. The van der Waals surface area contributed by atoms with Crippen LogP contribution in [0.15, 0.2) is 96.3 Å². The number of hydrogen-bond acceptors (Lipinski definition) is 24. The molecule has 33 nitrogen and oxygen atoms in total. The van der Waals surface area contributed by atoms with E-state index in [0.717, 1.165) is 23.8 Å². The first-order chi connectivity index (χ1) is 41.6. The van der Waals surface area contributed by atoms with Crippen LogP contribution in [0.5, 0.6) is 11.5 Å². The lowest BCUT2D eigenvalue weighted by Crippen LogP contribution is -2.21. The highest BCUT2D eigenvalue weighted by Crippen LogP contribution is 2.37. The van der Waals surface area contributed by atoms with Crippen LogP contribution in [0.1, 0.15) is 77.7 Å². The van der Waals surface area contributed by atoms with Crippen LogP contribution in [-0.4, -0.2) is 102 Å². The topological polar surface area (TPSA) is 407 Å². The molecule has 0 unspecified atom stereocenters. The first-order valence-electron chi connectivity index (χ1n) is 25.6. The maximum absolute atomic E-state index is 12.9. The van der Waals surface area contributed by atoms with Gasteiger partial charge in [0.05, 0.1) is 20.9 Å². The van der Waals surface area contributed by atoms with Crippen molar-refractivity contribution < 1.29 is 72.8 Å². The van der Waals surface area contributed by atoms with Crippen LogP contribution in [0.3, 0.4) is 0 Å². The highest BCUT2D eigenvalue weighted by Gasteiger charge is 2.31. The van der Waals surface area contributed by atoms with E-state index in [1.807, 2.05) is 11.5 Å². The van der Waals surface area contributed by atoms with Gasteiger partial charge in [0.2, 0.25) is 6.79 Å². The van der Waals surface area contributed by atoms with Crippen molar-refractivity contribution in [2.45, 2.75) is 67.1 Å². The van der Waals surface area contributed by atoms with E-state index in [-0.39, 0.29) is 93.9 Å². The highest BCUT2D eigenvalue weighted by atomic mass is 35.5. The molecule has 0 fully saturated rings. The Morgan fingerprint density at radius 1 is 0.598 bits per heavy atom. The second-order valence-corrected chi connectivity index (χ2v) is 18.8. The number of esters is 1. The van der Waals surface area contributed by atoms with Crippen molar-refractivity contribution in [2.75, 3.05) is 26.6 Å². The predicted octanol–water partition coefficient (Wildman–Crippen LogP) is 7.76. The summed E-state index contributed by atoms with van der Waals surface area (Å²) in [5.74, 6) is 0.466. The van der Waals surface area contributed by atoms with Gasteiger partial charge in [-0.15, -0.1) is 0 Å². The third-order valence-electron chi connectivity index (χ3n) is 13.3. The van der Waals surface area contributed by atoms with E-state index in [1.54, 1.807) is 74.6 Å². The van der Waals surface area contributed by atoms with Gasteiger partial charge in [-0.05, 0) is 45.5 Å². The summed E-state index contributed by atoms with van der Waals surface area (Å²) in [4.78, 5) is 134. The van der Waals surface area contributed by atoms with Gasteiger partial charge in [0.25, 0.3) is 11.4 Å². The third-order valence-corrected chi connectivity index (χ3v) is 13.6. The lowest BCUT2D eigenvalue weighted by molar-refractivity contribution is -0.394. The van der Waals surface area contributed by atoms with Crippen LogP contribution >= 0.6 is 11.6 Å². The summed E-state index contributed by atoms with van der Waals surface area (Å²) in [6, 6.07) is 16.7. The van der Waals surface area contributed by atoms with E-state index in [2.05, 4.69) is 15.0 Å². The molecule has 10 rings (SSSR count). The Labute approximate surface area is 492 Å². The van der Waals surface area contributed by atoms with E-state index in [9.17, 15) is 69.7 Å². The molecular formula is C53H47ClN12O21. The number of hydrogen-bond donors (Lipinski definition) is 0. The SMILES string of the molecule is CCn1cc(COOCCn2c([N+](=O)[O-])cnc2C)c(=O)c2cc3c(cc21)OCO3.Cc1ncc([N+](=O)[O-])n1CCOC(=O)c1cc([N+](=O)[O-])c(Cl)c([N+](=O)[O-])c1.Cc1ncc([N+](=O)[O-])n1CCOOCc1ccc2c(c1)C(=O)c1ccccc1C2=O. The lowest BCUT2D eigenvalue weighted by Gasteiger charge is -2.17. The van der Waals surface area contributed by atoms with Gasteiger partial charge in [0.1, 0.15) is 71.3 Å². The molecule has 0 saturated heterocycles. The fourth-order valence-electron chi connectivity index (χ4n) is 8.96. The number of ketones is 2. The fraction of sp³-hybridized carbons (Fsp3) is 0.264. The molecule has 34 heteroatoms. The quantitative estimate of drug-likeness (QED) is 0.0205. The van der Waals surface area contributed by atoms with Gasteiger partial charge in [-0.1, -0.05) is 41.9 Å². The number of benzene rings is 4. The molecule has 0 spiro atoms. The van der Waals surface area contributed by atoms with Gasteiger partial charge in [-0.3, -0.25) is 34.6 Å². The van der Waals surface area contributed by atoms with Crippen LogP contribution < -0.4 is 14.9 Å². The van der Waals surface area contributed by atoms with Gasteiger partial charge in [0, 0.05) is 84.9 Å². The summed E-state index contributed by atoms with van der Waals surface area (Å²) in [6.45, 7) is 7.69. The predicted molar refractivity (Wildman–Crippen MR) is 297 cm³/mol. The smallest absolute Gasteiger partial charge is 0.342 e. The number of nitro benzene ring substituents is 2. The zero-order chi connectivity index (χ0) is 62.8. The highest BCUT2D eigenvalue weighted by molar-refractivity contribution is 6.35. The molecule has 4 aromatic heterocycles. The number of rotatable bonds is 22. The van der Waals surface area contributed by atoms with Crippen molar-refractivity contribution in [1.29, 1.82) is 0 Å². The summed E-state index contributed by atoms with van der Waals surface area (Å²) in [6.07, 6.45) is 5.16. The third kappa shape index (κ3) is 13.9. The molecule has 0 radical (unpaired) electrons. The first kappa shape index (κ1) is 62.3. The number of halogens is 1. The van der Waals surface area contributed by atoms with Gasteiger partial charge >= 0.3 is 23.4 Å². The normalized spacial score (nSPS) is 11.9. The van der Waals surface area contributed by atoms with E-state index < -0.39 is 52.5 Å². The zero-order valence-corrected chi connectivity index (χ0v) is 46.8. The zero-order valence-electron chi connectivity index (χ0n) is 46.0. The number of carbonyl (C=O) groups is 3. The monoisotopic (exact) mass is 1220 g/mol. The number of pyridine rings is 1. The van der Waals surface area contributed by atoms with Crippen molar-refractivity contribution >= 4 is 68.9 Å². The van der Waals surface area contributed by atoms with Crippen molar-refractivity contribution in [2.24, 2.45) is 0 Å². The minimum absolute atomic E-state index is 0.0569. The molecule has 1 aliphatic heterocycles. The van der Waals surface area contributed by atoms with Crippen LogP contribution in [0.2, 0.25) is 5.02 Å². The average molecular weight is 1220 g/mol. The van der Waals surface area contributed by atoms with E-state index in [0.29, 0.717) is 74.3 Å². The van der Waals surface area contributed by atoms with Crippen molar-refractivity contribution in [1.82, 2.24) is 33.2 Å². The largest absolute Gasteiger partial charge is 0.458 e. The summed E-state index contributed by atoms with van der Waals surface area (Å²) < 4.78 is 21.6. The Kier molecular flexibility index (Phi) is 19.6. The molecule has 87 heavy (non-hydrogen) atoms. The average Bonchev–Trinajstić information content (AvgIpc) is 1.59. The number of nitrogens with zero attached hydrogens (tertiary/aromatic N) is 12. The standard InChI is InChI=1S/C21H17N3O6.C19H20N4O7.C13H10ClN5O8/c1-13-22-11-19(24(27)28)23(13)8-9-29-30-12-14-6-7-17-18(10-14)21(26)16-5-3-2-4-15(16)20(17)25;1-3-21-9-13(19(24)14-6-16-17(7-15(14)21)28-11-27-16)10-30-29-5-4-22-12(2)20-8-18(22)23(25)26;1-7-15-6-11(19(25)26)16(7)2-3-27-13(20)8-4-9(17(21)22)12(14)10(5-8)18(23)24/h2-7,10-11H,8-9,12H2,1H3;6-9H,3-5,10-11H2,1-2H3;4-6H,2-3H2,1H3. The molecule has 1 aliphatic carbocycles. The molecular weight excluding hydrogens is 1180 g/mol. The second kappa shape index (κ2) is 27.3. The van der Waals surface area contributed by atoms with E-state index in [4.69, 9.17) is 45.4 Å². The number of carbonyl (C=O) groups excluding carboxylic acids is 3.